The predicted molar refractivity (Wildman–Crippen MR) is 131 cm³/mol. The Morgan fingerprint density at radius 3 is 1.94 bits per heavy atom. The lowest BCUT2D eigenvalue weighted by atomic mass is 9.82. The maximum atomic E-state index is 13.5. The highest BCUT2D eigenvalue weighted by molar-refractivity contribution is 6.36. The van der Waals surface area contributed by atoms with Gasteiger partial charge in [-0.1, -0.05) is 52.2 Å². The highest BCUT2D eigenvalue weighted by Crippen LogP contribution is 2.40. The summed E-state index contributed by atoms with van der Waals surface area (Å²) in [6.45, 7) is 13.2. The normalized spacial score (nSPS) is 20.4. The molecule has 0 radical (unpaired) electrons. The van der Waals surface area contributed by atoms with Crippen LogP contribution in [0, 0.1) is 0 Å². The van der Waals surface area contributed by atoms with E-state index in [-0.39, 0.29) is 39.4 Å². The molecule has 1 aromatic carbocycles. The van der Waals surface area contributed by atoms with Crippen LogP contribution in [0.15, 0.2) is 25.3 Å². The zero-order valence-corrected chi connectivity index (χ0v) is 20.2. The molecule has 4 rings (SSSR count). The molecule has 0 aliphatic carbocycles. The number of unbranched alkanes of at least 4 members (excludes halogenated alkanes) is 2. The van der Waals surface area contributed by atoms with Gasteiger partial charge < -0.3 is 0 Å². The fraction of sp³-hybridized carbons (Fsp3) is 0.481. The molecule has 0 spiro atoms. The van der Waals surface area contributed by atoms with Crippen molar-refractivity contribution in [2.24, 2.45) is 0 Å². The number of amides is 4. The number of nitrogens with zero attached hydrogens (tertiary/aromatic N) is 3. The van der Waals surface area contributed by atoms with E-state index in [0.29, 0.717) is 19.5 Å². The summed E-state index contributed by atoms with van der Waals surface area (Å²) in [5, 5.41) is 3.00. The van der Waals surface area contributed by atoms with E-state index in [1.807, 2.05) is 6.92 Å². The number of hydrogen-bond acceptors (Lipinski definition) is 5. The fourth-order valence-corrected chi connectivity index (χ4v) is 5.23. The van der Waals surface area contributed by atoms with Gasteiger partial charge in [-0.25, -0.2) is 10.0 Å². The molecule has 1 aromatic rings. The Balaban J connectivity index is 1.73. The van der Waals surface area contributed by atoms with Crippen molar-refractivity contribution < 1.29 is 19.2 Å². The summed E-state index contributed by atoms with van der Waals surface area (Å²) in [5.74, 6) is -1.84. The molecule has 3 heterocycles. The van der Waals surface area contributed by atoms with Crippen LogP contribution in [0.3, 0.4) is 0 Å². The first-order valence-corrected chi connectivity index (χ1v) is 12.4. The van der Waals surface area contributed by atoms with E-state index < -0.39 is 23.6 Å². The maximum Gasteiger partial charge on any atom is 0.276 e. The van der Waals surface area contributed by atoms with Crippen LogP contribution < -0.4 is 0 Å². The Morgan fingerprint density at radius 2 is 1.35 bits per heavy atom. The quantitative estimate of drug-likeness (QED) is 0.354. The minimum atomic E-state index is -0.504. The van der Waals surface area contributed by atoms with Crippen molar-refractivity contribution in [3.8, 4) is 0 Å². The zero-order chi connectivity index (χ0) is 24.6. The van der Waals surface area contributed by atoms with Gasteiger partial charge in [0.1, 0.15) is 0 Å². The van der Waals surface area contributed by atoms with Crippen LogP contribution in [0.1, 0.15) is 97.1 Å². The average Bonchev–Trinajstić information content (AvgIpc) is 3.10. The van der Waals surface area contributed by atoms with Crippen LogP contribution in [-0.4, -0.2) is 57.7 Å². The molecule has 0 aromatic heterocycles. The molecule has 1 atom stereocenters. The number of benzene rings is 1. The smallest absolute Gasteiger partial charge is 0.272 e. The van der Waals surface area contributed by atoms with Gasteiger partial charge in [0.25, 0.3) is 23.6 Å². The van der Waals surface area contributed by atoms with Crippen LogP contribution in [0.2, 0.25) is 0 Å². The second-order valence-corrected chi connectivity index (χ2v) is 9.48. The summed E-state index contributed by atoms with van der Waals surface area (Å²) in [6, 6.07) is 2.90. The lowest BCUT2D eigenvalue weighted by Crippen LogP contribution is -2.53. The fourth-order valence-electron chi connectivity index (χ4n) is 5.23. The summed E-state index contributed by atoms with van der Waals surface area (Å²) < 4.78 is 0. The van der Waals surface area contributed by atoms with Crippen molar-refractivity contribution >= 4 is 34.8 Å². The van der Waals surface area contributed by atoms with Crippen molar-refractivity contribution in [1.29, 1.82) is 0 Å². The zero-order valence-electron chi connectivity index (χ0n) is 20.2. The van der Waals surface area contributed by atoms with E-state index >= 15 is 0 Å². The number of hydrogen-bond donors (Lipinski definition) is 0. The Morgan fingerprint density at radius 1 is 0.794 bits per heavy atom. The van der Waals surface area contributed by atoms with Crippen molar-refractivity contribution in [3.63, 3.8) is 0 Å². The van der Waals surface area contributed by atoms with Gasteiger partial charge in [0, 0.05) is 47.0 Å². The van der Waals surface area contributed by atoms with Crippen molar-refractivity contribution in [3.05, 3.63) is 47.5 Å². The summed E-state index contributed by atoms with van der Waals surface area (Å²) >= 11 is 0. The summed E-state index contributed by atoms with van der Waals surface area (Å²) in [4.78, 5) is 54.7. The van der Waals surface area contributed by atoms with Crippen molar-refractivity contribution in [1.82, 2.24) is 14.9 Å². The molecule has 3 aliphatic rings. The Hall–Kier alpha value is -3.06. The first-order chi connectivity index (χ1) is 16.3. The molecule has 0 bridgehead atoms. The van der Waals surface area contributed by atoms with Gasteiger partial charge in [-0.3, -0.25) is 24.1 Å². The van der Waals surface area contributed by atoms with Gasteiger partial charge in [-0.2, -0.15) is 0 Å². The highest BCUT2D eigenvalue weighted by atomic mass is 16.2. The number of carbonyl (C=O) groups is 4. The van der Waals surface area contributed by atoms with Crippen LogP contribution in [0.25, 0.3) is 11.1 Å². The second kappa shape index (κ2) is 9.66. The van der Waals surface area contributed by atoms with Crippen molar-refractivity contribution in [2.75, 3.05) is 13.1 Å². The SMILES string of the molecule is C=C1C(=O)N(C(C)CCCCC)C(=O)c2ccc3c(c21)C(=C)C(=O)N(N1CCCCCC1)C3=O. The Bertz CT molecular complexity index is 1080. The monoisotopic (exact) mass is 463 g/mol. The van der Waals surface area contributed by atoms with Crippen molar-refractivity contribution in [2.45, 2.75) is 71.3 Å². The van der Waals surface area contributed by atoms with Gasteiger partial charge in [0.15, 0.2) is 0 Å². The van der Waals surface area contributed by atoms with Gasteiger partial charge in [-0.05, 0) is 38.3 Å². The van der Waals surface area contributed by atoms with Crippen LogP contribution >= 0.6 is 0 Å². The van der Waals surface area contributed by atoms with Crippen LogP contribution in [0.4, 0.5) is 0 Å². The molecule has 4 amide bonds. The third kappa shape index (κ3) is 3.92. The highest BCUT2D eigenvalue weighted by Gasteiger charge is 2.44. The third-order valence-electron chi connectivity index (χ3n) is 7.14. The van der Waals surface area contributed by atoms with Crippen LogP contribution in [-0.2, 0) is 9.59 Å². The summed E-state index contributed by atoms with van der Waals surface area (Å²) in [5.41, 5.74) is 1.34. The molecule has 1 unspecified atom stereocenters. The molecular formula is C27H33N3O4. The minimum Gasteiger partial charge on any atom is -0.272 e. The maximum absolute atomic E-state index is 13.5. The average molecular weight is 464 g/mol. The lowest BCUT2D eigenvalue weighted by molar-refractivity contribution is -0.136. The molecule has 1 fully saturated rings. The molecule has 0 N–H and O–H groups in total. The number of imide groups is 2. The molecule has 7 nitrogen and oxygen atoms in total. The largest absolute Gasteiger partial charge is 0.276 e. The van der Waals surface area contributed by atoms with Gasteiger partial charge >= 0.3 is 0 Å². The van der Waals surface area contributed by atoms with Gasteiger partial charge in [0.2, 0.25) is 0 Å². The van der Waals surface area contributed by atoms with E-state index in [1.165, 1.54) is 9.91 Å². The van der Waals surface area contributed by atoms with E-state index in [9.17, 15) is 19.2 Å². The third-order valence-corrected chi connectivity index (χ3v) is 7.14. The van der Waals surface area contributed by atoms with E-state index in [0.717, 1.165) is 44.9 Å². The first kappa shape index (κ1) is 24.1. The molecule has 180 valence electrons. The van der Waals surface area contributed by atoms with Gasteiger partial charge in [0.05, 0.1) is 5.56 Å². The first-order valence-electron chi connectivity index (χ1n) is 12.4. The lowest BCUT2D eigenvalue weighted by Gasteiger charge is -2.39. The molecule has 3 aliphatic heterocycles. The standard InChI is InChI=1S/C27H33N3O4/c1-5-6-9-12-17(2)29-24(31)18(3)22-20(26(29)33)13-14-21-23(22)19(4)25(32)30(27(21)34)28-15-10-7-8-11-16-28/h13-14,17H,3-12,15-16H2,1-2H3. The molecule has 0 saturated carbocycles. The number of rotatable bonds is 6. The minimum absolute atomic E-state index is 0.113. The molecule has 34 heavy (non-hydrogen) atoms. The van der Waals surface area contributed by atoms with E-state index in [4.69, 9.17) is 0 Å². The van der Waals surface area contributed by atoms with E-state index in [2.05, 4.69) is 20.1 Å². The van der Waals surface area contributed by atoms with E-state index in [1.54, 1.807) is 17.1 Å². The predicted octanol–water partition coefficient (Wildman–Crippen LogP) is 4.44. The van der Waals surface area contributed by atoms with Gasteiger partial charge in [-0.15, -0.1) is 0 Å². The van der Waals surface area contributed by atoms with Crippen LogP contribution in [0.5, 0.6) is 0 Å². The summed E-state index contributed by atoms with van der Waals surface area (Å²) in [6.07, 6.45) is 7.67. The number of carbonyl (C=O) groups excluding carboxylic acids is 4. The topological polar surface area (TPSA) is 78.0 Å². The Kier molecular flexibility index (Phi) is 6.84. The molecule has 7 heteroatoms. The number of fused-ring (bicyclic) bond motifs is 3. The summed E-state index contributed by atoms with van der Waals surface area (Å²) in [7, 11) is 0. The number of hydrazine groups is 1. The molecule has 1 saturated heterocycles. The Labute approximate surface area is 201 Å². The molecular weight excluding hydrogens is 430 g/mol. The second-order valence-electron chi connectivity index (χ2n) is 9.48.